The molecule has 2 aromatic heterocycles. The maximum absolute atomic E-state index is 13.9. The molecule has 0 fully saturated rings. The smallest absolute Gasteiger partial charge is 0.435 e. The lowest BCUT2D eigenvalue weighted by Gasteiger charge is -2.07. The Morgan fingerprint density at radius 3 is 2.65 bits per heavy atom. The average molecular weight is 370 g/mol. The normalized spacial score (nSPS) is 13.0. The van der Waals surface area contributed by atoms with E-state index in [1.807, 2.05) is 0 Å². The van der Waals surface area contributed by atoms with Gasteiger partial charge in [-0.05, 0) is 38.1 Å². The highest BCUT2D eigenvalue weighted by molar-refractivity contribution is 5.56. The second-order valence-corrected chi connectivity index (χ2v) is 5.39. The molecule has 26 heavy (non-hydrogen) atoms. The van der Waals surface area contributed by atoms with Crippen LogP contribution in [-0.2, 0) is 6.18 Å². The molecular formula is C16H14F4N4O2. The van der Waals surface area contributed by atoms with E-state index in [2.05, 4.69) is 15.2 Å². The van der Waals surface area contributed by atoms with Crippen molar-refractivity contribution in [2.45, 2.75) is 26.1 Å². The molecule has 1 atom stereocenters. The van der Waals surface area contributed by atoms with E-state index >= 15 is 0 Å². The van der Waals surface area contributed by atoms with Gasteiger partial charge >= 0.3 is 6.18 Å². The highest BCUT2D eigenvalue weighted by Crippen LogP contribution is 2.29. The molecule has 0 saturated heterocycles. The zero-order chi connectivity index (χ0) is 18.9. The molecule has 0 saturated carbocycles. The summed E-state index contributed by atoms with van der Waals surface area (Å²) in [6, 6.07) is 4.33. The van der Waals surface area contributed by atoms with Crippen LogP contribution in [0.25, 0.3) is 11.4 Å². The molecule has 1 aromatic carbocycles. The van der Waals surface area contributed by atoms with Crippen molar-refractivity contribution in [3.05, 3.63) is 47.9 Å². The molecule has 0 aliphatic rings. The summed E-state index contributed by atoms with van der Waals surface area (Å²) in [6.07, 6.45) is -3.36. The number of halogens is 4. The molecule has 0 bridgehead atoms. The van der Waals surface area contributed by atoms with Crippen molar-refractivity contribution in [3.8, 4) is 17.1 Å². The van der Waals surface area contributed by atoms with Crippen LogP contribution >= 0.6 is 0 Å². The molecule has 0 N–H and O–H groups in total. The molecule has 3 rings (SSSR count). The standard InChI is InChI=1S/C16H14F4N4O2/c1-3-25-12-5-4-10(8-11(12)17)14-21-15(26-23-14)9(2)24-7-6-13(22-24)16(18,19)20/h4-9H,3H2,1-2H3. The Labute approximate surface area is 145 Å². The van der Waals surface area contributed by atoms with Gasteiger partial charge in [0, 0.05) is 11.8 Å². The van der Waals surface area contributed by atoms with Crippen LogP contribution in [0.4, 0.5) is 17.6 Å². The van der Waals surface area contributed by atoms with Crippen molar-refractivity contribution in [2.24, 2.45) is 0 Å². The van der Waals surface area contributed by atoms with Crippen LogP contribution in [0, 0.1) is 5.82 Å². The average Bonchev–Trinajstić information content (AvgIpc) is 3.25. The lowest BCUT2D eigenvalue weighted by molar-refractivity contribution is -0.141. The first kappa shape index (κ1) is 17.9. The largest absolute Gasteiger partial charge is 0.491 e. The van der Waals surface area contributed by atoms with Crippen LogP contribution in [0.5, 0.6) is 5.75 Å². The second-order valence-electron chi connectivity index (χ2n) is 5.39. The van der Waals surface area contributed by atoms with Gasteiger partial charge in [-0.1, -0.05) is 5.16 Å². The Bertz CT molecular complexity index is 904. The van der Waals surface area contributed by atoms with E-state index in [9.17, 15) is 17.6 Å². The van der Waals surface area contributed by atoms with Crippen molar-refractivity contribution in [1.82, 2.24) is 19.9 Å². The lowest BCUT2D eigenvalue weighted by Crippen LogP contribution is -2.11. The molecule has 138 valence electrons. The minimum absolute atomic E-state index is 0.0473. The second kappa shape index (κ2) is 6.77. The van der Waals surface area contributed by atoms with E-state index in [1.54, 1.807) is 19.9 Å². The predicted molar refractivity (Wildman–Crippen MR) is 81.9 cm³/mol. The van der Waals surface area contributed by atoms with Crippen LogP contribution in [0.3, 0.4) is 0 Å². The first-order valence-electron chi connectivity index (χ1n) is 7.68. The Morgan fingerprint density at radius 2 is 2.04 bits per heavy atom. The third kappa shape index (κ3) is 3.53. The van der Waals surface area contributed by atoms with Crippen LogP contribution in [0.2, 0.25) is 0 Å². The lowest BCUT2D eigenvalue weighted by atomic mass is 10.2. The summed E-state index contributed by atoms with van der Waals surface area (Å²) in [5.74, 6) is -0.321. The first-order chi connectivity index (χ1) is 12.3. The van der Waals surface area contributed by atoms with E-state index in [0.717, 1.165) is 10.7 Å². The SMILES string of the molecule is CCOc1ccc(-c2noc(C(C)n3ccc(C(F)(F)F)n3)n2)cc1F. The predicted octanol–water partition coefficient (Wildman–Crippen LogP) is 4.10. The molecule has 3 aromatic rings. The fourth-order valence-electron chi connectivity index (χ4n) is 2.25. The van der Waals surface area contributed by atoms with Gasteiger partial charge in [0.1, 0.15) is 6.04 Å². The van der Waals surface area contributed by atoms with Crippen LogP contribution in [0.1, 0.15) is 31.5 Å². The molecular weight excluding hydrogens is 356 g/mol. The molecule has 0 aliphatic carbocycles. The van der Waals surface area contributed by atoms with E-state index in [-0.39, 0.29) is 17.5 Å². The number of ether oxygens (including phenoxy) is 1. The summed E-state index contributed by atoms with van der Waals surface area (Å²) in [5, 5.41) is 7.22. The number of nitrogens with zero attached hydrogens (tertiary/aromatic N) is 4. The van der Waals surface area contributed by atoms with Gasteiger partial charge in [-0.3, -0.25) is 4.68 Å². The minimum Gasteiger partial charge on any atom is -0.491 e. The van der Waals surface area contributed by atoms with Crippen molar-refractivity contribution >= 4 is 0 Å². The van der Waals surface area contributed by atoms with Crippen LogP contribution in [0.15, 0.2) is 35.0 Å². The van der Waals surface area contributed by atoms with Gasteiger partial charge in [0.05, 0.1) is 6.61 Å². The van der Waals surface area contributed by atoms with Gasteiger partial charge in [-0.15, -0.1) is 0 Å². The first-order valence-corrected chi connectivity index (χ1v) is 7.68. The molecule has 0 radical (unpaired) electrons. The fourth-order valence-corrected chi connectivity index (χ4v) is 2.25. The highest BCUT2D eigenvalue weighted by Gasteiger charge is 2.34. The third-order valence-corrected chi connectivity index (χ3v) is 3.58. The summed E-state index contributed by atoms with van der Waals surface area (Å²) in [7, 11) is 0. The summed E-state index contributed by atoms with van der Waals surface area (Å²) in [5.41, 5.74) is -0.665. The Hall–Kier alpha value is -2.91. The summed E-state index contributed by atoms with van der Waals surface area (Å²) < 4.78 is 63.1. The zero-order valence-corrected chi connectivity index (χ0v) is 13.8. The monoisotopic (exact) mass is 370 g/mol. The Balaban J connectivity index is 1.83. The molecule has 2 heterocycles. The van der Waals surface area contributed by atoms with Gasteiger partial charge in [0.25, 0.3) is 5.89 Å². The summed E-state index contributed by atoms with van der Waals surface area (Å²) in [4.78, 5) is 4.12. The minimum atomic E-state index is -4.54. The van der Waals surface area contributed by atoms with E-state index in [0.29, 0.717) is 12.2 Å². The van der Waals surface area contributed by atoms with Crippen molar-refractivity contribution in [3.63, 3.8) is 0 Å². The number of benzene rings is 1. The quantitative estimate of drug-likeness (QED) is 0.633. The molecule has 6 nitrogen and oxygen atoms in total. The molecule has 0 aliphatic heterocycles. The van der Waals surface area contributed by atoms with Crippen molar-refractivity contribution in [2.75, 3.05) is 6.61 Å². The molecule has 1 unspecified atom stereocenters. The van der Waals surface area contributed by atoms with Crippen LogP contribution in [-0.4, -0.2) is 26.5 Å². The van der Waals surface area contributed by atoms with E-state index in [4.69, 9.17) is 9.26 Å². The Kier molecular flexibility index (Phi) is 4.66. The molecule has 0 spiro atoms. The number of hydrogen-bond acceptors (Lipinski definition) is 5. The highest BCUT2D eigenvalue weighted by atomic mass is 19.4. The van der Waals surface area contributed by atoms with Gasteiger partial charge in [-0.25, -0.2) is 4.39 Å². The zero-order valence-electron chi connectivity index (χ0n) is 13.8. The number of aromatic nitrogens is 4. The fraction of sp³-hybridized carbons (Fsp3) is 0.312. The third-order valence-electron chi connectivity index (χ3n) is 3.58. The summed E-state index contributed by atoms with van der Waals surface area (Å²) in [6.45, 7) is 3.62. The van der Waals surface area contributed by atoms with Crippen molar-refractivity contribution in [1.29, 1.82) is 0 Å². The maximum atomic E-state index is 13.9. The Morgan fingerprint density at radius 1 is 1.27 bits per heavy atom. The molecule has 0 amide bonds. The van der Waals surface area contributed by atoms with Gasteiger partial charge in [0.15, 0.2) is 17.3 Å². The topological polar surface area (TPSA) is 66.0 Å². The van der Waals surface area contributed by atoms with Crippen LogP contribution < -0.4 is 4.74 Å². The van der Waals surface area contributed by atoms with E-state index < -0.39 is 23.7 Å². The van der Waals surface area contributed by atoms with Gasteiger partial charge in [-0.2, -0.15) is 23.3 Å². The van der Waals surface area contributed by atoms with Crippen molar-refractivity contribution < 1.29 is 26.8 Å². The number of rotatable bonds is 5. The maximum Gasteiger partial charge on any atom is 0.435 e. The van der Waals surface area contributed by atoms with Gasteiger partial charge in [0.2, 0.25) is 5.82 Å². The van der Waals surface area contributed by atoms with Gasteiger partial charge < -0.3 is 9.26 Å². The number of hydrogen-bond donors (Lipinski definition) is 0. The number of alkyl halides is 3. The molecule has 10 heteroatoms. The van der Waals surface area contributed by atoms with E-state index in [1.165, 1.54) is 18.3 Å². The summed E-state index contributed by atoms with van der Waals surface area (Å²) >= 11 is 0.